The Kier molecular flexibility index (Phi) is 7.77. The van der Waals surface area contributed by atoms with Crippen LogP contribution in [-0.2, 0) is 14.3 Å². The van der Waals surface area contributed by atoms with E-state index in [4.69, 9.17) is 9.47 Å². The maximum atomic E-state index is 13.7. The molecule has 0 saturated carbocycles. The molecule has 4 heterocycles. The number of fused-ring (bicyclic) bond motifs is 1. The largest absolute Gasteiger partial charge is 0.505 e. The van der Waals surface area contributed by atoms with E-state index in [1.54, 1.807) is 44.2 Å². The number of esters is 1. The number of nitrogens with zero attached hydrogens (tertiary/aromatic N) is 4. The summed E-state index contributed by atoms with van der Waals surface area (Å²) in [5, 5.41) is 11.8. The van der Waals surface area contributed by atoms with Gasteiger partial charge in [-0.05, 0) is 50.1 Å². The van der Waals surface area contributed by atoms with Crippen LogP contribution in [0.15, 0.2) is 73.5 Å². The highest BCUT2D eigenvalue weighted by molar-refractivity contribution is 7.17. The predicted molar refractivity (Wildman–Crippen MR) is 159 cm³/mol. The molecule has 1 saturated heterocycles. The summed E-state index contributed by atoms with van der Waals surface area (Å²) in [6.07, 6.45) is 4.85. The summed E-state index contributed by atoms with van der Waals surface area (Å²) >= 11 is 0.921. The molecule has 0 bridgehead atoms. The van der Waals surface area contributed by atoms with Crippen molar-refractivity contribution in [2.45, 2.75) is 26.8 Å². The molecule has 42 heavy (non-hydrogen) atoms. The van der Waals surface area contributed by atoms with Gasteiger partial charge < -0.3 is 19.0 Å². The number of aryl methyl sites for hydroxylation is 3. The number of hydrogen-bond acceptors (Lipinski definition) is 9. The maximum Gasteiger partial charge on any atom is 0.350 e. The molecular formula is C31H28N4O6S. The van der Waals surface area contributed by atoms with Crippen LogP contribution in [0.5, 0.6) is 5.75 Å². The normalized spacial score (nSPS) is 16.2. The van der Waals surface area contributed by atoms with Gasteiger partial charge in [-0.15, -0.1) is 0 Å². The van der Waals surface area contributed by atoms with Gasteiger partial charge >= 0.3 is 11.9 Å². The fraction of sp³-hybridized carbons (Fsp3) is 0.194. The minimum absolute atomic E-state index is 0.00532. The molecule has 1 amide bonds. The molecule has 0 spiro atoms. The number of ketones is 1. The van der Waals surface area contributed by atoms with Crippen molar-refractivity contribution < 1.29 is 29.0 Å². The van der Waals surface area contributed by atoms with Crippen LogP contribution >= 0.6 is 11.3 Å². The average Bonchev–Trinajstić information content (AvgIpc) is 3.62. The van der Waals surface area contributed by atoms with Crippen LogP contribution in [0.4, 0.5) is 5.13 Å². The Morgan fingerprint density at radius 1 is 1.10 bits per heavy atom. The first-order chi connectivity index (χ1) is 20.2. The highest BCUT2D eigenvalue weighted by atomic mass is 32.1. The first-order valence-corrected chi connectivity index (χ1v) is 13.8. The SMILES string of the molecule is C=CCOC(=O)c1sc(N2C(=O)C(=O)C(=C(O)c3nc4c(C)cccn4c3C)C2c2cccc(OCC=C)c2)nc1C. The average molecular weight is 585 g/mol. The second-order valence-electron chi connectivity index (χ2n) is 9.57. The van der Waals surface area contributed by atoms with Crippen LogP contribution in [0, 0.1) is 20.8 Å². The topological polar surface area (TPSA) is 123 Å². The van der Waals surface area contributed by atoms with Gasteiger partial charge in [0, 0.05) is 6.20 Å². The van der Waals surface area contributed by atoms with Gasteiger partial charge in [-0.1, -0.05) is 54.8 Å². The molecule has 3 aromatic heterocycles. The van der Waals surface area contributed by atoms with E-state index in [2.05, 4.69) is 23.1 Å². The number of thiazole rings is 1. The first-order valence-electron chi connectivity index (χ1n) is 13.0. The van der Waals surface area contributed by atoms with Gasteiger partial charge in [0.1, 0.15) is 35.2 Å². The third-order valence-corrected chi connectivity index (χ3v) is 7.94. The standard InChI is InChI=1S/C31H28N4O6S/c1-6-14-40-21-12-8-11-20(16-21)24-22(25(36)23-19(5)34-13-9-10-17(3)28(34)33-23)26(37)29(38)35(24)31-32-18(4)27(42-31)30(39)41-15-7-2/h6-13,16,24,36H,1-2,14-15H2,3-5H3. The molecule has 1 aliphatic heterocycles. The Bertz CT molecular complexity index is 1800. The van der Waals surface area contributed by atoms with E-state index in [0.717, 1.165) is 16.9 Å². The Balaban J connectivity index is 1.71. The molecule has 1 aliphatic rings. The number of amides is 1. The van der Waals surface area contributed by atoms with Crippen LogP contribution < -0.4 is 9.64 Å². The molecule has 10 nitrogen and oxygen atoms in total. The molecule has 0 aliphatic carbocycles. The Hall–Kier alpha value is -5.03. The molecule has 5 rings (SSSR count). The number of aliphatic hydroxyl groups is 1. The number of benzene rings is 1. The smallest absolute Gasteiger partial charge is 0.350 e. The lowest BCUT2D eigenvalue weighted by Crippen LogP contribution is -2.29. The number of ether oxygens (including phenoxy) is 2. The zero-order valence-electron chi connectivity index (χ0n) is 23.3. The summed E-state index contributed by atoms with van der Waals surface area (Å²) in [5.74, 6) is -2.39. The van der Waals surface area contributed by atoms with E-state index in [1.807, 2.05) is 29.7 Å². The van der Waals surface area contributed by atoms with Crippen LogP contribution in [0.1, 0.15) is 43.9 Å². The van der Waals surface area contributed by atoms with Crippen molar-refractivity contribution in [1.29, 1.82) is 0 Å². The number of carbonyl (C=O) groups is 3. The third kappa shape index (κ3) is 4.88. The number of anilines is 1. The molecule has 1 aromatic carbocycles. The number of rotatable bonds is 9. The Labute approximate surface area is 245 Å². The van der Waals surface area contributed by atoms with Crippen LogP contribution in [0.2, 0.25) is 0 Å². The van der Waals surface area contributed by atoms with Crippen LogP contribution in [0.25, 0.3) is 11.4 Å². The fourth-order valence-corrected chi connectivity index (χ4v) is 5.81. The number of pyridine rings is 1. The number of aliphatic hydroxyl groups excluding tert-OH is 1. The molecule has 1 N–H and O–H groups in total. The van der Waals surface area contributed by atoms with E-state index in [9.17, 15) is 19.5 Å². The monoisotopic (exact) mass is 584 g/mol. The van der Waals surface area contributed by atoms with Crippen molar-refractivity contribution in [3.8, 4) is 5.75 Å². The quantitative estimate of drug-likeness (QED) is 0.0931. The number of hydrogen-bond donors (Lipinski definition) is 1. The van der Waals surface area contributed by atoms with Gasteiger partial charge in [0.15, 0.2) is 10.9 Å². The number of imidazole rings is 1. The molecule has 214 valence electrons. The number of aromatic nitrogens is 3. The van der Waals surface area contributed by atoms with Crippen molar-refractivity contribution in [3.05, 3.63) is 107 Å². The first kappa shape index (κ1) is 28.5. The fourth-order valence-electron chi connectivity index (χ4n) is 4.82. The summed E-state index contributed by atoms with van der Waals surface area (Å²) in [5.41, 5.74) is 2.91. The molecular weight excluding hydrogens is 556 g/mol. The van der Waals surface area contributed by atoms with Gasteiger partial charge in [-0.2, -0.15) is 0 Å². The molecule has 1 unspecified atom stereocenters. The van der Waals surface area contributed by atoms with E-state index in [-0.39, 0.29) is 34.5 Å². The van der Waals surface area contributed by atoms with Gasteiger partial charge in [-0.25, -0.2) is 14.8 Å². The lowest BCUT2D eigenvalue weighted by molar-refractivity contribution is -0.132. The number of Topliss-reactive ketones (excluding diaryl/α,β-unsaturated/α-hetero) is 1. The zero-order valence-corrected chi connectivity index (χ0v) is 24.1. The molecule has 11 heteroatoms. The highest BCUT2D eigenvalue weighted by Gasteiger charge is 2.49. The summed E-state index contributed by atoms with van der Waals surface area (Å²) < 4.78 is 12.7. The van der Waals surface area contributed by atoms with Crippen molar-refractivity contribution in [2.75, 3.05) is 18.1 Å². The summed E-state index contributed by atoms with van der Waals surface area (Å²) in [6.45, 7) is 12.7. The number of carbonyl (C=O) groups excluding carboxylic acids is 3. The minimum Gasteiger partial charge on any atom is -0.505 e. The molecule has 1 atom stereocenters. The highest BCUT2D eigenvalue weighted by Crippen LogP contribution is 2.44. The lowest BCUT2D eigenvalue weighted by Gasteiger charge is -2.23. The molecule has 4 aromatic rings. The third-order valence-electron chi connectivity index (χ3n) is 6.80. The molecule has 1 fully saturated rings. The zero-order chi connectivity index (χ0) is 30.1. The summed E-state index contributed by atoms with van der Waals surface area (Å²) in [7, 11) is 0. The van der Waals surface area contributed by atoms with Crippen LogP contribution in [-0.4, -0.2) is 50.3 Å². The van der Waals surface area contributed by atoms with Crippen molar-refractivity contribution in [3.63, 3.8) is 0 Å². The Morgan fingerprint density at radius 3 is 2.57 bits per heavy atom. The van der Waals surface area contributed by atoms with Crippen molar-refractivity contribution in [2.24, 2.45) is 0 Å². The minimum atomic E-state index is -1.09. The van der Waals surface area contributed by atoms with Gasteiger partial charge in [-0.3, -0.25) is 14.5 Å². The van der Waals surface area contributed by atoms with E-state index in [1.165, 1.54) is 11.0 Å². The predicted octanol–water partition coefficient (Wildman–Crippen LogP) is 5.25. The second kappa shape index (κ2) is 11.5. The van der Waals surface area contributed by atoms with Crippen molar-refractivity contribution in [1.82, 2.24) is 14.4 Å². The van der Waals surface area contributed by atoms with E-state index >= 15 is 0 Å². The summed E-state index contributed by atoms with van der Waals surface area (Å²) in [6, 6.07) is 9.51. The second-order valence-corrected chi connectivity index (χ2v) is 10.5. The van der Waals surface area contributed by atoms with E-state index in [0.29, 0.717) is 28.3 Å². The maximum absolute atomic E-state index is 13.7. The Morgan fingerprint density at radius 2 is 1.86 bits per heavy atom. The molecule has 0 radical (unpaired) electrons. The van der Waals surface area contributed by atoms with Gasteiger partial charge in [0.2, 0.25) is 0 Å². The lowest BCUT2D eigenvalue weighted by atomic mass is 9.96. The van der Waals surface area contributed by atoms with Gasteiger partial charge in [0.25, 0.3) is 5.78 Å². The summed E-state index contributed by atoms with van der Waals surface area (Å²) in [4.78, 5) is 50.5. The van der Waals surface area contributed by atoms with Crippen LogP contribution in [0.3, 0.4) is 0 Å². The van der Waals surface area contributed by atoms with E-state index < -0.39 is 29.5 Å². The van der Waals surface area contributed by atoms with Gasteiger partial charge in [0.05, 0.1) is 23.0 Å². The van der Waals surface area contributed by atoms with Crippen molar-refractivity contribution >= 4 is 45.5 Å².